The second-order valence-electron chi connectivity index (χ2n) is 8.45. The van der Waals surface area contributed by atoms with Gasteiger partial charge in [-0.1, -0.05) is 36.4 Å². The van der Waals surface area contributed by atoms with Crippen LogP contribution in [-0.2, 0) is 0 Å². The van der Waals surface area contributed by atoms with Crippen molar-refractivity contribution in [1.82, 2.24) is 4.90 Å². The Kier molecular flexibility index (Phi) is 6.58. The first kappa shape index (κ1) is 20.7. The van der Waals surface area contributed by atoms with E-state index in [2.05, 4.69) is 30.3 Å². The van der Waals surface area contributed by atoms with E-state index in [4.69, 9.17) is 9.47 Å². The molecule has 1 aliphatic heterocycles. The van der Waals surface area contributed by atoms with Crippen LogP contribution in [0.4, 0.5) is 0 Å². The molecule has 160 valence electrons. The first-order valence-corrected chi connectivity index (χ1v) is 11.1. The van der Waals surface area contributed by atoms with E-state index in [1.54, 1.807) is 19.1 Å². The number of ether oxygens (including phenoxy) is 2. The van der Waals surface area contributed by atoms with Gasteiger partial charge < -0.3 is 19.3 Å². The fourth-order valence-electron chi connectivity index (χ4n) is 5.19. The molecule has 5 nitrogen and oxygen atoms in total. The summed E-state index contributed by atoms with van der Waals surface area (Å²) in [4.78, 5) is 16.7. The molecule has 1 amide bonds. The van der Waals surface area contributed by atoms with Crippen LogP contribution in [0.1, 0.15) is 47.5 Å². The highest BCUT2D eigenvalue weighted by molar-refractivity contribution is 5.97. The Morgan fingerprint density at radius 3 is 2.23 bits per heavy atom. The van der Waals surface area contributed by atoms with Crippen molar-refractivity contribution in [3.05, 3.63) is 59.7 Å². The minimum Gasteiger partial charge on any atom is -0.493 e. The first-order valence-electron chi connectivity index (χ1n) is 11.1. The number of nitrogens with zero attached hydrogens (tertiary/aromatic N) is 1. The molecule has 1 saturated carbocycles. The van der Waals surface area contributed by atoms with Gasteiger partial charge in [0.25, 0.3) is 5.91 Å². The van der Waals surface area contributed by atoms with Gasteiger partial charge in [0.1, 0.15) is 0 Å². The van der Waals surface area contributed by atoms with E-state index in [-0.39, 0.29) is 5.91 Å². The molecule has 30 heavy (non-hydrogen) atoms. The third kappa shape index (κ3) is 4.31. The highest BCUT2D eigenvalue weighted by Gasteiger charge is 2.33. The van der Waals surface area contributed by atoms with E-state index in [0.29, 0.717) is 23.0 Å². The van der Waals surface area contributed by atoms with Crippen molar-refractivity contribution >= 4 is 5.91 Å². The molecule has 0 aromatic heterocycles. The van der Waals surface area contributed by atoms with Crippen LogP contribution in [0.3, 0.4) is 0 Å². The molecular weight excluding hydrogens is 376 g/mol. The second-order valence-corrected chi connectivity index (χ2v) is 8.45. The molecule has 5 heteroatoms. The summed E-state index contributed by atoms with van der Waals surface area (Å²) >= 11 is 0. The lowest BCUT2D eigenvalue weighted by atomic mass is 9.81. The van der Waals surface area contributed by atoms with Crippen molar-refractivity contribution < 1.29 is 19.2 Å². The Hall–Kier alpha value is -2.53. The van der Waals surface area contributed by atoms with Gasteiger partial charge in [-0.2, -0.15) is 0 Å². The van der Waals surface area contributed by atoms with Crippen molar-refractivity contribution in [1.29, 1.82) is 0 Å². The van der Waals surface area contributed by atoms with E-state index in [0.717, 1.165) is 32.2 Å². The maximum absolute atomic E-state index is 13.1. The minimum absolute atomic E-state index is 0.0394. The number of nitrogens with one attached hydrogen (secondary N) is 1. The molecule has 0 bridgehead atoms. The Labute approximate surface area is 179 Å². The summed E-state index contributed by atoms with van der Waals surface area (Å²) in [6.45, 7) is 3.65. The molecule has 1 N–H and O–H groups in total. The van der Waals surface area contributed by atoms with Gasteiger partial charge >= 0.3 is 0 Å². The molecular formula is C25H33N2O3+. The first-order chi connectivity index (χ1) is 14.7. The smallest absolute Gasteiger partial charge is 0.258 e. The van der Waals surface area contributed by atoms with Gasteiger partial charge in [0.15, 0.2) is 11.5 Å². The topological polar surface area (TPSA) is 43.2 Å². The lowest BCUT2D eigenvalue weighted by Gasteiger charge is -2.39. The number of carbonyl (C=O) groups is 1. The number of piperazine rings is 1. The van der Waals surface area contributed by atoms with Gasteiger partial charge in [-0.05, 0) is 49.3 Å². The largest absolute Gasteiger partial charge is 0.493 e. The van der Waals surface area contributed by atoms with Crippen LogP contribution < -0.4 is 14.4 Å². The van der Waals surface area contributed by atoms with Crippen molar-refractivity contribution in [2.24, 2.45) is 0 Å². The summed E-state index contributed by atoms with van der Waals surface area (Å²) < 4.78 is 10.8. The Balaban J connectivity index is 1.32. The fraction of sp³-hybridized carbons (Fsp3) is 0.480. The molecule has 0 radical (unpaired) electrons. The zero-order valence-corrected chi connectivity index (χ0v) is 18.1. The van der Waals surface area contributed by atoms with E-state index < -0.39 is 0 Å². The van der Waals surface area contributed by atoms with Crippen LogP contribution in [0, 0.1) is 0 Å². The summed E-state index contributed by atoms with van der Waals surface area (Å²) in [5.74, 6) is 1.88. The summed E-state index contributed by atoms with van der Waals surface area (Å²) in [5.41, 5.74) is 2.08. The van der Waals surface area contributed by atoms with Gasteiger partial charge in [-0.3, -0.25) is 4.79 Å². The Bertz CT molecular complexity index is 839. The van der Waals surface area contributed by atoms with Crippen LogP contribution in [0.15, 0.2) is 48.5 Å². The number of hydrogen-bond donors (Lipinski definition) is 1. The number of carbonyl (C=O) groups excluding carboxylic acids is 1. The molecule has 1 saturated heterocycles. The lowest BCUT2D eigenvalue weighted by molar-refractivity contribution is -0.930. The SMILES string of the molecule is COc1cccc(C(=O)N2CC[NH+](C3CCC(c4ccccc4)CC3)CC2)c1OC. The molecule has 0 atom stereocenters. The number of quaternary nitrogens is 1. The number of amides is 1. The number of benzene rings is 2. The van der Waals surface area contributed by atoms with Crippen LogP contribution in [0.2, 0.25) is 0 Å². The predicted octanol–water partition coefficient (Wildman–Crippen LogP) is 2.77. The molecule has 4 rings (SSSR count). The van der Waals surface area contributed by atoms with Crippen molar-refractivity contribution in [2.75, 3.05) is 40.4 Å². The molecule has 1 heterocycles. The second kappa shape index (κ2) is 9.52. The molecule has 0 spiro atoms. The number of hydrogen-bond acceptors (Lipinski definition) is 3. The van der Waals surface area contributed by atoms with E-state index in [9.17, 15) is 4.79 Å². The van der Waals surface area contributed by atoms with E-state index in [1.807, 2.05) is 23.1 Å². The van der Waals surface area contributed by atoms with E-state index in [1.165, 1.54) is 31.2 Å². The molecule has 0 unspecified atom stereocenters. The summed E-state index contributed by atoms with van der Waals surface area (Å²) in [6, 6.07) is 17.2. The van der Waals surface area contributed by atoms with Crippen LogP contribution in [-0.4, -0.2) is 57.2 Å². The number of para-hydroxylation sites is 1. The van der Waals surface area contributed by atoms with E-state index >= 15 is 0 Å². The Morgan fingerprint density at radius 1 is 0.900 bits per heavy atom. The summed E-state index contributed by atoms with van der Waals surface area (Å²) in [7, 11) is 3.18. The number of rotatable bonds is 5. The van der Waals surface area contributed by atoms with Crippen LogP contribution in [0.5, 0.6) is 11.5 Å². The van der Waals surface area contributed by atoms with Crippen molar-refractivity contribution in [3.8, 4) is 11.5 Å². The Morgan fingerprint density at radius 2 is 1.60 bits per heavy atom. The van der Waals surface area contributed by atoms with Gasteiger partial charge in [-0.15, -0.1) is 0 Å². The number of methoxy groups -OCH3 is 2. The van der Waals surface area contributed by atoms with Gasteiger partial charge in [0, 0.05) is 0 Å². The minimum atomic E-state index is 0.0394. The molecule has 2 aromatic rings. The third-order valence-electron chi connectivity index (χ3n) is 6.90. The molecule has 2 aliphatic rings. The van der Waals surface area contributed by atoms with Gasteiger partial charge in [0.2, 0.25) is 0 Å². The average molecular weight is 410 g/mol. The van der Waals surface area contributed by atoms with Gasteiger partial charge in [-0.25, -0.2) is 0 Å². The molecule has 2 aromatic carbocycles. The van der Waals surface area contributed by atoms with Crippen LogP contribution >= 0.6 is 0 Å². The van der Waals surface area contributed by atoms with Crippen molar-refractivity contribution in [2.45, 2.75) is 37.6 Å². The van der Waals surface area contributed by atoms with Gasteiger partial charge in [0.05, 0.1) is 52.0 Å². The average Bonchev–Trinajstić information content (AvgIpc) is 2.83. The van der Waals surface area contributed by atoms with Crippen LogP contribution in [0.25, 0.3) is 0 Å². The van der Waals surface area contributed by atoms with Crippen molar-refractivity contribution in [3.63, 3.8) is 0 Å². The standard InChI is InChI=1S/C25H32N2O3/c1-29-23-10-6-9-22(24(23)30-2)25(28)27-17-15-26(16-18-27)21-13-11-20(12-14-21)19-7-4-3-5-8-19/h3-10,20-21H,11-18H2,1-2H3/p+1. The monoisotopic (exact) mass is 409 g/mol. The quantitative estimate of drug-likeness (QED) is 0.826. The zero-order chi connectivity index (χ0) is 20.9. The highest BCUT2D eigenvalue weighted by atomic mass is 16.5. The summed E-state index contributed by atoms with van der Waals surface area (Å²) in [5, 5.41) is 0. The predicted molar refractivity (Wildman–Crippen MR) is 118 cm³/mol. The molecule has 2 fully saturated rings. The lowest BCUT2D eigenvalue weighted by Crippen LogP contribution is -3.18. The fourth-order valence-corrected chi connectivity index (χ4v) is 5.19. The normalized spacial score (nSPS) is 22.5. The maximum Gasteiger partial charge on any atom is 0.258 e. The zero-order valence-electron chi connectivity index (χ0n) is 18.1. The highest BCUT2D eigenvalue weighted by Crippen LogP contribution is 2.33. The molecule has 1 aliphatic carbocycles. The third-order valence-corrected chi connectivity index (χ3v) is 6.90. The maximum atomic E-state index is 13.1. The summed E-state index contributed by atoms with van der Waals surface area (Å²) in [6.07, 6.45) is 5.13.